The van der Waals surface area contributed by atoms with E-state index in [2.05, 4.69) is 18.7 Å². The Balaban J connectivity index is 1.53. The van der Waals surface area contributed by atoms with Crippen molar-refractivity contribution in [2.75, 3.05) is 37.2 Å². The summed E-state index contributed by atoms with van der Waals surface area (Å²) in [6.45, 7) is 5.36. The average molecular weight is 495 g/mol. The molecule has 0 unspecified atom stereocenters. The van der Waals surface area contributed by atoms with Crippen molar-refractivity contribution >= 4 is 17.1 Å². The van der Waals surface area contributed by atoms with Crippen molar-refractivity contribution < 1.29 is 17.9 Å². The van der Waals surface area contributed by atoms with Gasteiger partial charge in [-0.05, 0) is 56.8 Å². The second kappa shape index (κ2) is 8.78. The van der Waals surface area contributed by atoms with Crippen LogP contribution in [0.25, 0.3) is 0 Å². The molecule has 3 aromatic carbocycles. The molecule has 0 bridgehead atoms. The first-order valence-electron chi connectivity index (χ1n) is 11.8. The standard InChI is InChI=1S/C28H29F3N4O/c1-27(2)25-10-5-6-11-26(25)35(19-33(27)4)22-14-20(28(29,30)31)15-24(17-22)36-23-9-7-8-21(16-23)34-13-12-32(3)18-34/h5-17H,18-19H2,1-4H3. The third-order valence-corrected chi connectivity index (χ3v) is 6.95. The highest BCUT2D eigenvalue weighted by atomic mass is 19.4. The number of halogens is 3. The molecule has 2 aliphatic heterocycles. The Kier molecular flexibility index (Phi) is 5.87. The van der Waals surface area contributed by atoms with Gasteiger partial charge in [0.2, 0.25) is 0 Å². The van der Waals surface area contributed by atoms with Gasteiger partial charge >= 0.3 is 6.18 Å². The predicted molar refractivity (Wildman–Crippen MR) is 136 cm³/mol. The number of ether oxygens (including phenoxy) is 1. The number of benzene rings is 3. The summed E-state index contributed by atoms with van der Waals surface area (Å²) in [4.78, 5) is 8.10. The Labute approximate surface area is 209 Å². The van der Waals surface area contributed by atoms with Crippen LogP contribution >= 0.6 is 0 Å². The summed E-state index contributed by atoms with van der Waals surface area (Å²) in [5.74, 6) is 0.606. The quantitative estimate of drug-likeness (QED) is 0.390. The van der Waals surface area contributed by atoms with Gasteiger partial charge in [-0.3, -0.25) is 4.90 Å². The maximum Gasteiger partial charge on any atom is 0.416 e. The van der Waals surface area contributed by atoms with E-state index in [9.17, 15) is 13.2 Å². The number of rotatable bonds is 4. The molecule has 0 atom stereocenters. The molecule has 0 saturated carbocycles. The summed E-state index contributed by atoms with van der Waals surface area (Å²) in [6, 6.07) is 19.1. The summed E-state index contributed by atoms with van der Waals surface area (Å²) < 4.78 is 47.9. The van der Waals surface area contributed by atoms with Crippen LogP contribution in [0.2, 0.25) is 0 Å². The van der Waals surface area contributed by atoms with E-state index in [4.69, 9.17) is 4.74 Å². The van der Waals surface area contributed by atoms with Crippen molar-refractivity contribution in [1.29, 1.82) is 0 Å². The van der Waals surface area contributed by atoms with E-state index in [1.54, 1.807) is 12.1 Å². The Morgan fingerprint density at radius 2 is 1.56 bits per heavy atom. The van der Waals surface area contributed by atoms with Gasteiger partial charge in [0.05, 0.1) is 18.9 Å². The van der Waals surface area contributed by atoms with Crippen molar-refractivity contribution in [2.45, 2.75) is 25.6 Å². The summed E-state index contributed by atoms with van der Waals surface area (Å²) in [5, 5.41) is 0. The Morgan fingerprint density at radius 1 is 0.806 bits per heavy atom. The maximum absolute atomic E-state index is 14.0. The van der Waals surface area contributed by atoms with Gasteiger partial charge in [0.25, 0.3) is 0 Å². The molecule has 5 rings (SSSR count). The highest BCUT2D eigenvalue weighted by Gasteiger charge is 2.37. The maximum atomic E-state index is 14.0. The fraction of sp³-hybridized carbons (Fsp3) is 0.286. The number of fused-ring (bicyclic) bond motifs is 1. The average Bonchev–Trinajstić information content (AvgIpc) is 3.27. The van der Waals surface area contributed by atoms with Crippen LogP contribution in [-0.2, 0) is 11.7 Å². The molecule has 5 nitrogen and oxygen atoms in total. The summed E-state index contributed by atoms with van der Waals surface area (Å²) in [5.41, 5.74) is 2.25. The van der Waals surface area contributed by atoms with E-state index in [0.717, 1.165) is 23.0 Å². The molecule has 3 aromatic rings. The minimum absolute atomic E-state index is 0.135. The zero-order valence-corrected chi connectivity index (χ0v) is 20.8. The van der Waals surface area contributed by atoms with Gasteiger partial charge < -0.3 is 19.4 Å². The number of hydrogen-bond donors (Lipinski definition) is 0. The van der Waals surface area contributed by atoms with Crippen LogP contribution in [0, 0.1) is 0 Å². The number of anilines is 3. The molecule has 2 heterocycles. The Hall–Kier alpha value is -3.65. The molecular formula is C28H29F3N4O. The van der Waals surface area contributed by atoms with Crippen LogP contribution in [0.4, 0.5) is 30.2 Å². The molecule has 2 aliphatic rings. The SMILES string of the molecule is CN1C=CN(c2cccc(Oc3cc(N4CN(C)C(C)(C)c5ccccc54)cc(C(F)(F)F)c3)c2)C1. The van der Waals surface area contributed by atoms with Crippen molar-refractivity contribution in [3.05, 3.63) is 90.3 Å². The van der Waals surface area contributed by atoms with Crippen molar-refractivity contribution in [3.63, 3.8) is 0 Å². The highest BCUT2D eigenvalue weighted by Crippen LogP contribution is 2.44. The largest absolute Gasteiger partial charge is 0.457 e. The van der Waals surface area contributed by atoms with Crippen molar-refractivity contribution in [2.24, 2.45) is 0 Å². The minimum atomic E-state index is -4.51. The lowest BCUT2D eigenvalue weighted by molar-refractivity contribution is -0.137. The lowest BCUT2D eigenvalue weighted by Gasteiger charge is -2.47. The second-order valence-corrected chi connectivity index (χ2v) is 9.82. The van der Waals surface area contributed by atoms with Gasteiger partial charge in [0.15, 0.2) is 0 Å². The molecule has 36 heavy (non-hydrogen) atoms. The first-order valence-corrected chi connectivity index (χ1v) is 11.8. The van der Waals surface area contributed by atoms with Crippen LogP contribution in [0.15, 0.2) is 79.1 Å². The van der Waals surface area contributed by atoms with Crippen LogP contribution in [0.1, 0.15) is 25.0 Å². The van der Waals surface area contributed by atoms with Gasteiger partial charge in [-0.25, -0.2) is 0 Å². The van der Waals surface area contributed by atoms with Crippen LogP contribution < -0.4 is 14.5 Å². The Morgan fingerprint density at radius 3 is 2.28 bits per heavy atom. The molecule has 0 aromatic heterocycles. The summed E-state index contributed by atoms with van der Waals surface area (Å²) >= 11 is 0. The van der Waals surface area contributed by atoms with E-state index < -0.39 is 11.7 Å². The van der Waals surface area contributed by atoms with Gasteiger partial charge in [0.1, 0.15) is 11.5 Å². The van der Waals surface area contributed by atoms with Crippen LogP contribution in [-0.4, -0.2) is 37.2 Å². The van der Waals surface area contributed by atoms with Crippen LogP contribution in [0.5, 0.6) is 11.5 Å². The third-order valence-electron chi connectivity index (χ3n) is 6.95. The molecule has 0 aliphatic carbocycles. The molecule has 0 amide bonds. The third kappa shape index (κ3) is 4.48. The van der Waals surface area contributed by atoms with Crippen molar-refractivity contribution in [3.8, 4) is 11.5 Å². The lowest BCUT2D eigenvalue weighted by Crippen LogP contribution is -2.49. The zero-order valence-electron chi connectivity index (χ0n) is 20.8. The predicted octanol–water partition coefficient (Wildman–Crippen LogP) is 6.95. The minimum Gasteiger partial charge on any atom is -0.457 e. The first kappa shape index (κ1) is 24.1. The molecule has 188 valence electrons. The number of nitrogens with zero attached hydrogens (tertiary/aromatic N) is 4. The topological polar surface area (TPSA) is 22.2 Å². The highest BCUT2D eigenvalue weighted by molar-refractivity contribution is 5.71. The van der Waals surface area contributed by atoms with Crippen molar-refractivity contribution in [1.82, 2.24) is 9.80 Å². The second-order valence-electron chi connectivity index (χ2n) is 9.82. The van der Waals surface area contributed by atoms with Gasteiger partial charge in [0, 0.05) is 54.2 Å². The van der Waals surface area contributed by atoms with Gasteiger partial charge in [-0.1, -0.05) is 24.3 Å². The van der Waals surface area contributed by atoms with E-state index in [1.807, 2.05) is 83.7 Å². The molecule has 0 saturated heterocycles. The summed E-state index contributed by atoms with van der Waals surface area (Å²) in [7, 11) is 3.95. The van der Waals surface area contributed by atoms with E-state index in [1.165, 1.54) is 6.07 Å². The first-order chi connectivity index (χ1) is 17.0. The van der Waals surface area contributed by atoms with E-state index >= 15 is 0 Å². The molecule has 0 N–H and O–H groups in total. The monoisotopic (exact) mass is 494 g/mol. The fourth-order valence-corrected chi connectivity index (χ4v) is 4.64. The molecule has 0 fully saturated rings. The van der Waals surface area contributed by atoms with Crippen LogP contribution in [0.3, 0.4) is 0 Å². The zero-order chi connectivity index (χ0) is 25.7. The number of para-hydroxylation sites is 1. The smallest absolute Gasteiger partial charge is 0.416 e. The molecular weight excluding hydrogens is 465 g/mol. The molecule has 0 radical (unpaired) electrons. The lowest BCUT2D eigenvalue weighted by atomic mass is 9.88. The fourth-order valence-electron chi connectivity index (χ4n) is 4.64. The molecule has 8 heteroatoms. The van der Waals surface area contributed by atoms with Gasteiger partial charge in [-0.15, -0.1) is 0 Å². The number of hydrogen-bond acceptors (Lipinski definition) is 5. The van der Waals surface area contributed by atoms with Gasteiger partial charge in [-0.2, -0.15) is 13.2 Å². The van der Waals surface area contributed by atoms with E-state index in [-0.39, 0.29) is 11.3 Å². The number of alkyl halides is 3. The van der Waals surface area contributed by atoms with E-state index in [0.29, 0.717) is 24.8 Å². The summed E-state index contributed by atoms with van der Waals surface area (Å²) in [6.07, 6.45) is -0.601. The molecule has 0 spiro atoms. The normalized spacial score (nSPS) is 17.5. The Bertz CT molecular complexity index is 1300.